The standard InChI is InChI=1S/C8H14.C2H6/c1-7-3-6-8(7)4-2-5-8;1-2/h7H,2-6H2,1H3;1-2H3. The van der Waals surface area contributed by atoms with E-state index in [-0.39, 0.29) is 0 Å². The van der Waals surface area contributed by atoms with Crippen LogP contribution in [0.15, 0.2) is 0 Å². The smallest absolute Gasteiger partial charge is 0.0272 e. The van der Waals surface area contributed by atoms with Crippen LogP contribution in [0.3, 0.4) is 0 Å². The molecule has 2 aliphatic rings. The molecule has 10 heavy (non-hydrogen) atoms. The topological polar surface area (TPSA) is 0 Å². The first-order valence-corrected chi connectivity index (χ1v) is 4.83. The maximum atomic E-state index is 2.42. The van der Waals surface area contributed by atoms with Crippen molar-refractivity contribution in [1.29, 1.82) is 0 Å². The van der Waals surface area contributed by atoms with Gasteiger partial charge < -0.3 is 0 Å². The fourth-order valence-electron chi connectivity index (χ4n) is 2.21. The Bertz CT molecular complexity index is 95.1. The molecule has 2 rings (SSSR count). The SMILES string of the molecule is CC.CC1CCC12CCC2. The molecule has 0 heteroatoms. The van der Waals surface area contributed by atoms with Crippen LogP contribution in [0.25, 0.3) is 0 Å². The van der Waals surface area contributed by atoms with Gasteiger partial charge in [0.1, 0.15) is 0 Å². The molecule has 0 aromatic rings. The Balaban J connectivity index is 0.000000231. The predicted molar refractivity (Wildman–Crippen MR) is 46.0 cm³/mol. The van der Waals surface area contributed by atoms with Crippen molar-refractivity contribution in [1.82, 2.24) is 0 Å². The average molecular weight is 140 g/mol. The summed E-state index contributed by atoms with van der Waals surface area (Å²) in [5, 5.41) is 0. The first kappa shape index (κ1) is 8.10. The summed E-state index contributed by atoms with van der Waals surface area (Å²) < 4.78 is 0. The van der Waals surface area contributed by atoms with Gasteiger partial charge in [0.25, 0.3) is 0 Å². The molecule has 0 radical (unpaired) electrons. The quantitative estimate of drug-likeness (QED) is 0.482. The van der Waals surface area contributed by atoms with Gasteiger partial charge in [0, 0.05) is 0 Å². The molecule has 1 unspecified atom stereocenters. The molecular weight excluding hydrogens is 120 g/mol. The highest BCUT2D eigenvalue weighted by atomic mass is 14.5. The monoisotopic (exact) mass is 140 g/mol. The highest BCUT2D eigenvalue weighted by molar-refractivity contribution is 4.98. The summed E-state index contributed by atoms with van der Waals surface area (Å²) in [5.74, 6) is 1.08. The van der Waals surface area contributed by atoms with Crippen molar-refractivity contribution < 1.29 is 0 Å². The van der Waals surface area contributed by atoms with Gasteiger partial charge in [0.2, 0.25) is 0 Å². The Morgan fingerprint density at radius 3 is 1.70 bits per heavy atom. The van der Waals surface area contributed by atoms with Crippen molar-refractivity contribution in [2.45, 2.75) is 52.9 Å². The van der Waals surface area contributed by atoms with Crippen molar-refractivity contribution in [2.24, 2.45) is 11.3 Å². The van der Waals surface area contributed by atoms with Crippen LogP contribution in [0.5, 0.6) is 0 Å². The lowest BCUT2D eigenvalue weighted by Gasteiger charge is -2.55. The minimum Gasteiger partial charge on any atom is -0.0683 e. The lowest BCUT2D eigenvalue weighted by molar-refractivity contribution is -0.0377. The van der Waals surface area contributed by atoms with Crippen molar-refractivity contribution in [3.8, 4) is 0 Å². The minimum absolute atomic E-state index is 0.903. The van der Waals surface area contributed by atoms with E-state index >= 15 is 0 Å². The van der Waals surface area contributed by atoms with E-state index in [9.17, 15) is 0 Å². The second kappa shape index (κ2) is 2.94. The van der Waals surface area contributed by atoms with Crippen LogP contribution in [0.1, 0.15) is 52.9 Å². The largest absolute Gasteiger partial charge is 0.0683 e. The van der Waals surface area contributed by atoms with Crippen LogP contribution in [-0.2, 0) is 0 Å². The van der Waals surface area contributed by atoms with E-state index in [2.05, 4.69) is 6.92 Å². The van der Waals surface area contributed by atoms with Gasteiger partial charge in [-0.3, -0.25) is 0 Å². The highest BCUT2D eigenvalue weighted by Gasteiger charge is 2.47. The van der Waals surface area contributed by atoms with Gasteiger partial charge in [-0.25, -0.2) is 0 Å². The molecule has 0 N–H and O–H groups in total. The fraction of sp³-hybridized carbons (Fsp3) is 1.00. The van der Waals surface area contributed by atoms with E-state index in [0.717, 1.165) is 11.3 Å². The summed E-state index contributed by atoms with van der Waals surface area (Å²) in [6, 6.07) is 0. The first-order chi connectivity index (χ1) is 4.83. The van der Waals surface area contributed by atoms with Gasteiger partial charge in [-0.15, -0.1) is 0 Å². The zero-order chi connectivity index (χ0) is 7.61. The highest BCUT2D eigenvalue weighted by Crippen LogP contribution is 2.59. The molecule has 0 saturated heterocycles. The van der Waals surface area contributed by atoms with Crippen LogP contribution < -0.4 is 0 Å². The van der Waals surface area contributed by atoms with Crippen LogP contribution in [0.2, 0.25) is 0 Å². The Hall–Kier alpha value is 0. The molecule has 0 nitrogen and oxygen atoms in total. The zero-order valence-corrected chi connectivity index (χ0v) is 7.61. The zero-order valence-electron chi connectivity index (χ0n) is 7.61. The molecule has 2 saturated carbocycles. The normalized spacial score (nSPS) is 33.3. The van der Waals surface area contributed by atoms with E-state index < -0.39 is 0 Å². The van der Waals surface area contributed by atoms with Gasteiger partial charge >= 0.3 is 0 Å². The lowest BCUT2D eigenvalue weighted by Crippen LogP contribution is -2.43. The summed E-state index contributed by atoms with van der Waals surface area (Å²) >= 11 is 0. The summed E-state index contributed by atoms with van der Waals surface area (Å²) in [6.45, 7) is 6.42. The van der Waals surface area contributed by atoms with Crippen LogP contribution >= 0.6 is 0 Å². The summed E-state index contributed by atoms with van der Waals surface area (Å²) in [5.41, 5.74) is 0.903. The Kier molecular flexibility index (Phi) is 2.38. The average Bonchev–Trinajstić information content (AvgIpc) is 1.86. The molecule has 0 aromatic carbocycles. The van der Waals surface area contributed by atoms with Gasteiger partial charge in [0.15, 0.2) is 0 Å². The first-order valence-electron chi connectivity index (χ1n) is 4.83. The molecule has 60 valence electrons. The second-order valence-electron chi connectivity index (χ2n) is 3.66. The third-order valence-corrected chi connectivity index (χ3v) is 3.47. The van der Waals surface area contributed by atoms with Gasteiger partial charge in [-0.2, -0.15) is 0 Å². The van der Waals surface area contributed by atoms with Crippen LogP contribution in [0, 0.1) is 11.3 Å². The Morgan fingerprint density at radius 2 is 1.70 bits per heavy atom. The molecule has 0 amide bonds. The molecule has 2 fully saturated rings. The van der Waals surface area contributed by atoms with Gasteiger partial charge in [-0.05, 0) is 37.0 Å². The van der Waals surface area contributed by atoms with Crippen molar-refractivity contribution >= 4 is 0 Å². The van der Waals surface area contributed by atoms with Crippen molar-refractivity contribution in [3.63, 3.8) is 0 Å². The summed E-state index contributed by atoms with van der Waals surface area (Å²) in [6.07, 6.45) is 7.68. The molecular formula is C10H20. The second-order valence-corrected chi connectivity index (χ2v) is 3.66. The number of hydrogen-bond donors (Lipinski definition) is 0. The van der Waals surface area contributed by atoms with E-state index in [0.29, 0.717) is 0 Å². The number of hydrogen-bond acceptors (Lipinski definition) is 0. The predicted octanol–water partition coefficient (Wildman–Crippen LogP) is 3.61. The van der Waals surface area contributed by atoms with Crippen LogP contribution in [-0.4, -0.2) is 0 Å². The summed E-state index contributed by atoms with van der Waals surface area (Å²) in [4.78, 5) is 0. The van der Waals surface area contributed by atoms with Crippen LogP contribution in [0.4, 0.5) is 0 Å². The van der Waals surface area contributed by atoms with E-state index in [1.165, 1.54) is 12.8 Å². The number of rotatable bonds is 0. The minimum atomic E-state index is 0.903. The molecule has 0 heterocycles. The van der Waals surface area contributed by atoms with E-state index in [1.54, 1.807) is 19.3 Å². The third kappa shape index (κ3) is 0.980. The molecule has 0 aliphatic heterocycles. The lowest BCUT2D eigenvalue weighted by atomic mass is 9.50. The summed E-state index contributed by atoms with van der Waals surface area (Å²) in [7, 11) is 0. The molecule has 0 bridgehead atoms. The van der Waals surface area contributed by atoms with Crippen molar-refractivity contribution in [2.75, 3.05) is 0 Å². The maximum absolute atomic E-state index is 2.42. The van der Waals surface area contributed by atoms with E-state index in [4.69, 9.17) is 0 Å². The molecule has 2 aliphatic carbocycles. The molecule has 1 atom stereocenters. The third-order valence-electron chi connectivity index (χ3n) is 3.47. The van der Waals surface area contributed by atoms with Gasteiger partial charge in [0.05, 0.1) is 0 Å². The Morgan fingerprint density at radius 1 is 1.10 bits per heavy atom. The molecule has 0 aromatic heterocycles. The maximum Gasteiger partial charge on any atom is -0.0272 e. The van der Waals surface area contributed by atoms with Gasteiger partial charge in [-0.1, -0.05) is 27.2 Å². The fourth-order valence-corrected chi connectivity index (χ4v) is 2.21. The Labute approximate surface area is 65.0 Å². The molecule has 1 spiro atoms. The van der Waals surface area contributed by atoms with Crippen molar-refractivity contribution in [3.05, 3.63) is 0 Å². The van der Waals surface area contributed by atoms with E-state index in [1.807, 2.05) is 13.8 Å².